The molecule has 3 aromatic rings. The fourth-order valence-corrected chi connectivity index (χ4v) is 6.90. The van der Waals surface area contributed by atoms with Crippen molar-refractivity contribution in [3.8, 4) is 0 Å². The molecule has 2 amide bonds. The second-order valence-corrected chi connectivity index (χ2v) is 10.0. The minimum absolute atomic E-state index is 0.0618. The van der Waals surface area contributed by atoms with Crippen LogP contribution in [-0.2, 0) is 14.4 Å². The summed E-state index contributed by atoms with van der Waals surface area (Å²) in [4.78, 5) is 43.3. The van der Waals surface area contributed by atoms with E-state index >= 15 is 0 Å². The summed E-state index contributed by atoms with van der Waals surface area (Å²) in [7, 11) is 0. The second kappa shape index (κ2) is 7.00. The first-order chi connectivity index (χ1) is 16.3. The number of hydrogen-bond acceptors (Lipinski definition) is 3. The zero-order valence-corrected chi connectivity index (χ0v) is 19.5. The van der Waals surface area contributed by atoms with E-state index in [2.05, 4.69) is 0 Å². The van der Waals surface area contributed by atoms with Gasteiger partial charge < -0.3 is 0 Å². The Kier molecular flexibility index (Phi) is 4.34. The van der Waals surface area contributed by atoms with Crippen LogP contribution in [0.5, 0.6) is 0 Å². The van der Waals surface area contributed by atoms with Gasteiger partial charge in [-0.3, -0.25) is 14.4 Å². The molecule has 4 atom stereocenters. The summed E-state index contributed by atoms with van der Waals surface area (Å²) < 4.78 is 0. The van der Waals surface area contributed by atoms with Gasteiger partial charge in [-0.1, -0.05) is 84.4 Å². The summed E-state index contributed by atoms with van der Waals surface area (Å²) in [5, 5.41) is 0.331. The van der Waals surface area contributed by atoms with Gasteiger partial charge in [-0.25, -0.2) is 4.90 Å². The van der Waals surface area contributed by atoms with Gasteiger partial charge in [0.25, 0.3) is 0 Å². The van der Waals surface area contributed by atoms with Crippen LogP contribution in [0.25, 0.3) is 11.1 Å². The van der Waals surface area contributed by atoms with E-state index in [1.54, 1.807) is 24.3 Å². The summed E-state index contributed by atoms with van der Waals surface area (Å²) >= 11 is 6.40. The number of nitrogens with zero attached hydrogens (tertiary/aromatic N) is 1. The van der Waals surface area contributed by atoms with Crippen LogP contribution in [0.4, 0.5) is 5.69 Å². The van der Waals surface area contributed by atoms with E-state index in [1.807, 2.05) is 74.5 Å². The summed E-state index contributed by atoms with van der Waals surface area (Å²) in [5.74, 6) is -2.34. The number of amides is 2. The van der Waals surface area contributed by atoms with Crippen LogP contribution < -0.4 is 4.90 Å². The SMILES string of the molecule is C[C@@]12C(=O)[C@](C)(C(c3ccccc3)=C1c1ccccc1)[C@H]1C(=O)N(c3ccccc3Cl)C(=O)[C@H]12. The maximum Gasteiger partial charge on any atom is 0.239 e. The molecule has 0 N–H and O–H groups in total. The molecule has 168 valence electrons. The molecule has 3 aromatic carbocycles. The van der Waals surface area contributed by atoms with Crippen LogP contribution >= 0.6 is 11.6 Å². The smallest absolute Gasteiger partial charge is 0.239 e. The Balaban J connectivity index is 1.64. The largest absolute Gasteiger partial charge is 0.298 e. The Morgan fingerprint density at radius 1 is 0.647 bits per heavy atom. The van der Waals surface area contributed by atoms with Gasteiger partial charge in [-0.15, -0.1) is 0 Å². The summed E-state index contributed by atoms with van der Waals surface area (Å²) in [6, 6.07) is 26.3. The first-order valence-electron chi connectivity index (χ1n) is 11.4. The zero-order chi connectivity index (χ0) is 23.8. The second-order valence-electron chi connectivity index (χ2n) is 9.63. The highest BCUT2D eigenvalue weighted by Gasteiger charge is 2.79. The molecule has 6 rings (SSSR count). The molecule has 34 heavy (non-hydrogen) atoms. The maximum absolute atomic E-state index is 14.2. The number of Topliss-reactive ketones (excluding diaryl/α,β-unsaturated/α-hetero) is 1. The standard InChI is InChI=1S/C29H22ClNO3/c1-28-21(17-11-5-3-6-12-17)22(18-13-7-4-8-14-18)29(2,27(28)34)24-23(28)25(32)31(26(24)33)20-16-10-9-15-19(20)30/h3-16,23-24H,1-2H3/t23-,24+,28-,29-/m1/s1. The molecular weight excluding hydrogens is 446 g/mol. The number of allylic oxidation sites excluding steroid dienone is 2. The average Bonchev–Trinajstić information content (AvgIpc) is 3.30. The van der Waals surface area contributed by atoms with Crippen molar-refractivity contribution in [2.75, 3.05) is 4.90 Å². The molecule has 5 heteroatoms. The van der Waals surface area contributed by atoms with Gasteiger partial charge in [0.15, 0.2) is 5.78 Å². The summed E-state index contributed by atoms with van der Waals surface area (Å²) in [6.45, 7) is 3.69. The third-order valence-corrected chi connectivity index (χ3v) is 8.32. The molecular formula is C29H22ClNO3. The number of carbonyl (C=O) groups excluding carboxylic acids is 3. The van der Waals surface area contributed by atoms with Crippen molar-refractivity contribution in [1.82, 2.24) is 0 Å². The average molecular weight is 468 g/mol. The molecule has 2 fully saturated rings. The Hall–Kier alpha value is -3.50. The lowest BCUT2D eigenvalue weighted by Gasteiger charge is -2.35. The van der Waals surface area contributed by atoms with Gasteiger partial charge in [0.1, 0.15) is 0 Å². The fourth-order valence-electron chi connectivity index (χ4n) is 6.68. The van der Waals surface area contributed by atoms with Crippen molar-refractivity contribution in [3.05, 3.63) is 101 Å². The minimum atomic E-state index is -1.13. The Bertz CT molecular complexity index is 1330. The number of ketones is 1. The third kappa shape index (κ3) is 2.36. The Morgan fingerprint density at radius 3 is 1.50 bits per heavy atom. The van der Waals surface area contributed by atoms with Crippen LogP contribution in [0.1, 0.15) is 25.0 Å². The molecule has 0 radical (unpaired) electrons. The van der Waals surface area contributed by atoms with Gasteiger partial charge in [-0.05, 0) is 48.3 Å². The molecule has 1 heterocycles. The van der Waals surface area contributed by atoms with Crippen LogP contribution in [0.3, 0.4) is 0 Å². The summed E-state index contributed by atoms with van der Waals surface area (Å²) in [6.07, 6.45) is 0. The number of rotatable bonds is 3. The molecule has 0 unspecified atom stereocenters. The highest BCUT2D eigenvalue weighted by Crippen LogP contribution is 2.73. The molecule has 2 bridgehead atoms. The first kappa shape index (κ1) is 21.1. The number of hydrogen-bond donors (Lipinski definition) is 0. The van der Waals surface area contributed by atoms with Gasteiger partial charge in [0.2, 0.25) is 11.8 Å². The number of para-hydroxylation sites is 1. The van der Waals surface area contributed by atoms with Gasteiger partial charge >= 0.3 is 0 Å². The normalized spacial score (nSPS) is 29.9. The van der Waals surface area contributed by atoms with E-state index in [0.29, 0.717) is 10.7 Å². The van der Waals surface area contributed by atoms with Crippen molar-refractivity contribution in [1.29, 1.82) is 0 Å². The highest BCUT2D eigenvalue weighted by molar-refractivity contribution is 6.38. The molecule has 3 aliphatic rings. The lowest BCUT2D eigenvalue weighted by molar-refractivity contribution is -0.133. The van der Waals surface area contributed by atoms with E-state index in [-0.39, 0.29) is 17.6 Å². The van der Waals surface area contributed by atoms with Crippen LogP contribution in [0, 0.1) is 22.7 Å². The van der Waals surface area contributed by atoms with Gasteiger partial charge in [-0.2, -0.15) is 0 Å². The third-order valence-electron chi connectivity index (χ3n) is 8.00. The first-order valence-corrected chi connectivity index (χ1v) is 11.7. The van der Waals surface area contributed by atoms with Gasteiger partial charge in [0, 0.05) is 0 Å². The lowest BCUT2D eigenvalue weighted by atomic mass is 9.63. The molecule has 1 saturated carbocycles. The number of imide groups is 1. The monoisotopic (exact) mass is 467 g/mol. The van der Waals surface area contributed by atoms with Crippen molar-refractivity contribution in [2.24, 2.45) is 22.7 Å². The van der Waals surface area contributed by atoms with Crippen LogP contribution in [-0.4, -0.2) is 17.6 Å². The number of fused-ring (bicyclic) bond motifs is 5. The number of anilines is 1. The predicted octanol–water partition coefficient (Wildman–Crippen LogP) is 5.67. The van der Waals surface area contributed by atoms with E-state index in [9.17, 15) is 14.4 Å². The van der Waals surface area contributed by atoms with E-state index in [0.717, 1.165) is 22.3 Å². The molecule has 4 nitrogen and oxygen atoms in total. The molecule has 0 aromatic heterocycles. The Morgan fingerprint density at radius 2 is 1.06 bits per heavy atom. The lowest BCUT2D eigenvalue weighted by Crippen LogP contribution is -2.40. The molecule has 1 saturated heterocycles. The number of benzene rings is 3. The van der Waals surface area contributed by atoms with E-state index < -0.39 is 22.7 Å². The van der Waals surface area contributed by atoms with Crippen molar-refractivity contribution in [3.63, 3.8) is 0 Å². The van der Waals surface area contributed by atoms with Crippen molar-refractivity contribution >= 4 is 46.0 Å². The molecule has 1 aliphatic heterocycles. The molecule has 0 spiro atoms. The van der Waals surface area contributed by atoms with E-state index in [4.69, 9.17) is 11.6 Å². The predicted molar refractivity (Wildman–Crippen MR) is 132 cm³/mol. The Labute approximate surface area is 202 Å². The van der Waals surface area contributed by atoms with Crippen molar-refractivity contribution in [2.45, 2.75) is 13.8 Å². The van der Waals surface area contributed by atoms with E-state index in [1.165, 1.54) is 4.90 Å². The molecule has 2 aliphatic carbocycles. The van der Waals surface area contributed by atoms with Crippen LogP contribution in [0.15, 0.2) is 84.9 Å². The quantitative estimate of drug-likeness (QED) is 0.466. The maximum atomic E-state index is 14.2. The van der Waals surface area contributed by atoms with Gasteiger partial charge in [0.05, 0.1) is 33.4 Å². The number of halogens is 1. The van der Waals surface area contributed by atoms with Crippen molar-refractivity contribution < 1.29 is 14.4 Å². The van der Waals surface area contributed by atoms with Crippen LogP contribution in [0.2, 0.25) is 5.02 Å². The fraction of sp³-hybridized carbons (Fsp3) is 0.207. The topological polar surface area (TPSA) is 54.5 Å². The minimum Gasteiger partial charge on any atom is -0.298 e. The number of carbonyl (C=O) groups is 3. The zero-order valence-electron chi connectivity index (χ0n) is 18.8. The summed E-state index contributed by atoms with van der Waals surface area (Å²) in [5.41, 5.74) is 1.59. The highest BCUT2D eigenvalue weighted by atomic mass is 35.5.